The number of ether oxygens (including phenoxy) is 1. The van der Waals surface area contributed by atoms with Crippen LogP contribution >= 0.6 is 0 Å². The zero-order chi connectivity index (χ0) is 23.2. The largest absolute Gasteiger partial charge is 0.492 e. The molecule has 1 unspecified atom stereocenters. The van der Waals surface area contributed by atoms with E-state index in [0.717, 1.165) is 37.6 Å². The fourth-order valence-corrected chi connectivity index (χ4v) is 4.88. The summed E-state index contributed by atoms with van der Waals surface area (Å²) in [5, 5.41) is 0. The van der Waals surface area contributed by atoms with Crippen LogP contribution in [0.15, 0.2) is 79.3 Å². The average molecular weight is 447 g/mol. The van der Waals surface area contributed by atoms with E-state index in [2.05, 4.69) is 72.3 Å². The number of piperidine rings is 1. The Kier molecular flexibility index (Phi) is 7.66. The van der Waals surface area contributed by atoms with Crippen LogP contribution in [0.25, 0.3) is 0 Å². The molecule has 0 bridgehead atoms. The lowest BCUT2D eigenvalue weighted by Gasteiger charge is -2.28. The van der Waals surface area contributed by atoms with Gasteiger partial charge in [0, 0.05) is 18.8 Å². The first-order chi connectivity index (χ1) is 16.0. The van der Waals surface area contributed by atoms with Gasteiger partial charge in [0.25, 0.3) is 0 Å². The quantitative estimate of drug-likeness (QED) is 0.408. The molecule has 33 heavy (non-hydrogen) atoms. The summed E-state index contributed by atoms with van der Waals surface area (Å²) in [5.74, 6) is 0.458. The van der Waals surface area contributed by atoms with E-state index in [1.54, 1.807) is 6.08 Å². The molecule has 4 rings (SSSR count). The molecule has 2 aromatic rings. The summed E-state index contributed by atoms with van der Waals surface area (Å²) in [6, 6.07) is 15.2. The normalized spacial score (nSPS) is 18.5. The van der Waals surface area contributed by atoms with Crippen molar-refractivity contribution in [1.29, 1.82) is 0 Å². The first kappa shape index (κ1) is 23.3. The number of hydrogen-bond acceptors (Lipinski definition) is 3. The summed E-state index contributed by atoms with van der Waals surface area (Å²) < 4.78 is 19.2. The van der Waals surface area contributed by atoms with Gasteiger partial charge in [0.05, 0.1) is 6.04 Å². The zero-order valence-corrected chi connectivity index (χ0v) is 19.7. The van der Waals surface area contributed by atoms with Gasteiger partial charge in [0.2, 0.25) is 0 Å². The molecule has 0 radical (unpaired) electrons. The highest BCUT2D eigenvalue weighted by Crippen LogP contribution is 2.39. The lowest BCUT2D eigenvalue weighted by molar-refractivity contribution is 0.183. The van der Waals surface area contributed by atoms with Crippen LogP contribution in [0.4, 0.5) is 4.39 Å². The van der Waals surface area contributed by atoms with Crippen molar-refractivity contribution in [1.82, 2.24) is 9.80 Å². The maximum absolute atomic E-state index is 13.2. The van der Waals surface area contributed by atoms with E-state index in [1.165, 1.54) is 60.7 Å². The van der Waals surface area contributed by atoms with Crippen molar-refractivity contribution in [2.75, 3.05) is 26.2 Å². The molecule has 1 atom stereocenters. The Morgan fingerprint density at radius 3 is 2.55 bits per heavy atom. The number of aryl methyl sites for hydroxylation is 1. The SMILES string of the molecule is C=C(F)/C=C\C(=C)N1Cc2cc(C)ccc2C1Cc1ccc(OCCN2CCCCC2)cc1. The van der Waals surface area contributed by atoms with E-state index in [9.17, 15) is 4.39 Å². The number of benzene rings is 2. The van der Waals surface area contributed by atoms with Crippen molar-refractivity contribution in [2.45, 2.75) is 45.2 Å². The fraction of sp³-hybridized carbons (Fsp3) is 0.379. The molecule has 1 fully saturated rings. The molecule has 0 aliphatic carbocycles. The van der Waals surface area contributed by atoms with Crippen LogP contribution in [-0.4, -0.2) is 36.0 Å². The van der Waals surface area contributed by atoms with Crippen LogP contribution in [-0.2, 0) is 13.0 Å². The third kappa shape index (κ3) is 6.14. The van der Waals surface area contributed by atoms with Gasteiger partial charge >= 0.3 is 0 Å². The van der Waals surface area contributed by atoms with Crippen LogP contribution in [0.5, 0.6) is 5.75 Å². The maximum atomic E-state index is 13.2. The Morgan fingerprint density at radius 2 is 1.82 bits per heavy atom. The Hall–Kier alpha value is -2.85. The van der Waals surface area contributed by atoms with E-state index in [0.29, 0.717) is 0 Å². The number of allylic oxidation sites excluding steroid dienone is 3. The summed E-state index contributed by atoms with van der Waals surface area (Å²) in [7, 11) is 0. The second-order valence-corrected chi connectivity index (χ2v) is 9.22. The standard InChI is InChI=1S/C29H35FN2O/c1-22-7-14-28-26(19-22)21-32(24(3)9-8-23(2)30)29(28)20-25-10-12-27(13-11-25)33-18-17-31-15-5-4-6-16-31/h7-14,19,29H,2-6,15-18,20-21H2,1H3/b9-8-. The van der Waals surface area contributed by atoms with E-state index in [-0.39, 0.29) is 6.04 Å². The van der Waals surface area contributed by atoms with Gasteiger partial charge in [-0.25, -0.2) is 4.39 Å². The molecule has 0 aromatic heterocycles. The van der Waals surface area contributed by atoms with Gasteiger partial charge in [-0.3, -0.25) is 4.90 Å². The van der Waals surface area contributed by atoms with Crippen molar-refractivity contribution >= 4 is 0 Å². The summed E-state index contributed by atoms with van der Waals surface area (Å²) in [4.78, 5) is 4.75. The minimum Gasteiger partial charge on any atom is -0.492 e. The van der Waals surface area contributed by atoms with E-state index >= 15 is 0 Å². The fourth-order valence-electron chi connectivity index (χ4n) is 4.88. The lowest BCUT2D eigenvalue weighted by atomic mass is 9.97. The number of likely N-dealkylation sites (tertiary alicyclic amines) is 1. The van der Waals surface area contributed by atoms with Crippen molar-refractivity contribution in [3.05, 3.63) is 102 Å². The molecule has 3 nitrogen and oxygen atoms in total. The summed E-state index contributed by atoms with van der Waals surface area (Å²) in [6.07, 6.45) is 7.92. The lowest BCUT2D eigenvalue weighted by Crippen LogP contribution is -2.33. The molecule has 0 amide bonds. The molecule has 2 aliphatic heterocycles. The van der Waals surface area contributed by atoms with Crippen LogP contribution in [0.1, 0.15) is 47.6 Å². The molecular weight excluding hydrogens is 411 g/mol. The summed E-state index contributed by atoms with van der Waals surface area (Å²) in [6.45, 7) is 14.5. The summed E-state index contributed by atoms with van der Waals surface area (Å²) in [5.41, 5.74) is 5.92. The van der Waals surface area contributed by atoms with Gasteiger partial charge in [0.1, 0.15) is 18.2 Å². The monoisotopic (exact) mass is 446 g/mol. The molecule has 2 aromatic carbocycles. The van der Waals surface area contributed by atoms with E-state index in [1.807, 2.05) is 0 Å². The number of hydrogen-bond donors (Lipinski definition) is 0. The van der Waals surface area contributed by atoms with E-state index in [4.69, 9.17) is 4.74 Å². The molecule has 2 aliphatic rings. The topological polar surface area (TPSA) is 15.7 Å². The third-order valence-electron chi connectivity index (χ3n) is 6.68. The second-order valence-electron chi connectivity index (χ2n) is 9.22. The summed E-state index contributed by atoms with van der Waals surface area (Å²) >= 11 is 0. The van der Waals surface area contributed by atoms with E-state index < -0.39 is 5.83 Å². The van der Waals surface area contributed by atoms with Crippen molar-refractivity contribution < 1.29 is 9.13 Å². The second kappa shape index (κ2) is 10.8. The minimum absolute atomic E-state index is 0.163. The molecule has 0 N–H and O–H groups in total. The molecule has 0 spiro atoms. The van der Waals surface area contributed by atoms with Crippen LogP contribution in [0.3, 0.4) is 0 Å². The number of nitrogens with zero attached hydrogens (tertiary/aromatic N) is 2. The first-order valence-electron chi connectivity index (χ1n) is 12.0. The van der Waals surface area contributed by atoms with Crippen LogP contribution < -0.4 is 4.74 Å². The average Bonchev–Trinajstić information content (AvgIpc) is 3.16. The van der Waals surface area contributed by atoms with Crippen molar-refractivity contribution in [3.63, 3.8) is 0 Å². The first-order valence-corrected chi connectivity index (χ1v) is 12.0. The van der Waals surface area contributed by atoms with Gasteiger partial charge in [-0.1, -0.05) is 55.5 Å². The highest BCUT2D eigenvalue weighted by molar-refractivity contribution is 5.41. The number of halogens is 1. The number of rotatable bonds is 9. The van der Waals surface area contributed by atoms with Gasteiger partial charge in [-0.2, -0.15) is 0 Å². The molecule has 2 heterocycles. The zero-order valence-electron chi connectivity index (χ0n) is 19.7. The van der Waals surface area contributed by atoms with Crippen LogP contribution in [0.2, 0.25) is 0 Å². The molecule has 4 heteroatoms. The van der Waals surface area contributed by atoms with Gasteiger partial charge < -0.3 is 9.64 Å². The third-order valence-corrected chi connectivity index (χ3v) is 6.68. The Labute approximate surface area is 197 Å². The Balaban J connectivity index is 1.41. The molecular formula is C29H35FN2O. The molecule has 174 valence electrons. The molecule has 1 saturated heterocycles. The van der Waals surface area contributed by atoms with Crippen molar-refractivity contribution in [2.24, 2.45) is 0 Å². The van der Waals surface area contributed by atoms with Gasteiger partial charge in [-0.15, -0.1) is 0 Å². The predicted octanol–water partition coefficient (Wildman–Crippen LogP) is 6.51. The van der Waals surface area contributed by atoms with Crippen molar-refractivity contribution in [3.8, 4) is 5.75 Å². The Morgan fingerprint density at radius 1 is 1.06 bits per heavy atom. The maximum Gasteiger partial charge on any atom is 0.119 e. The van der Waals surface area contributed by atoms with Crippen LogP contribution in [0, 0.1) is 6.92 Å². The Bertz CT molecular complexity index is 1000. The smallest absolute Gasteiger partial charge is 0.119 e. The number of fused-ring (bicyclic) bond motifs is 1. The predicted molar refractivity (Wildman–Crippen MR) is 134 cm³/mol. The highest BCUT2D eigenvalue weighted by Gasteiger charge is 2.30. The molecule has 0 saturated carbocycles. The van der Waals surface area contributed by atoms with Gasteiger partial charge in [-0.05, 0) is 80.3 Å². The minimum atomic E-state index is -0.462. The van der Waals surface area contributed by atoms with Gasteiger partial charge in [0.15, 0.2) is 0 Å². The highest BCUT2D eigenvalue weighted by atomic mass is 19.1.